The lowest BCUT2D eigenvalue weighted by atomic mass is 10.0. The number of H-pyrrole nitrogens is 1. The van der Waals surface area contributed by atoms with E-state index in [-0.39, 0.29) is 21.9 Å². The molecule has 0 spiro atoms. The van der Waals surface area contributed by atoms with Gasteiger partial charge in [-0.05, 0) is 35.9 Å². The number of allylic oxidation sites excluding steroid dienone is 1. The Balaban J connectivity index is 1.96. The first-order valence-electron chi connectivity index (χ1n) is 7.40. The van der Waals surface area contributed by atoms with Crippen LogP contribution in [0.4, 0.5) is 0 Å². The summed E-state index contributed by atoms with van der Waals surface area (Å²) in [4.78, 5) is 16.0. The Hall–Kier alpha value is -2.86. The number of carbonyl (C=O) groups excluding carboxylic acids is 1. The number of rotatable bonds is 1. The molecule has 4 rings (SSSR count). The predicted molar refractivity (Wildman–Crippen MR) is 92.0 cm³/mol. The molecule has 0 radical (unpaired) electrons. The number of fused-ring (bicyclic) bond motifs is 2. The number of Topliss-reactive ketones (excluding diaryl/α,β-unsaturated/α-hetero) is 1. The van der Waals surface area contributed by atoms with Crippen molar-refractivity contribution >= 4 is 32.8 Å². The Labute approximate surface area is 139 Å². The SMILES string of the molecule is CN1/C(=C\c2cccc3[nH]ccc23)C(=O)c2ccccc2S1(=O)=O. The minimum absolute atomic E-state index is 0.0505. The molecule has 0 saturated heterocycles. The van der Waals surface area contributed by atoms with Crippen molar-refractivity contribution in [3.05, 3.63) is 71.6 Å². The molecule has 0 amide bonds. The molecule has 120 valence electrons. The summed E-state index contributed by atoms with van der Waals surface area (Å²) in [7, 11) is -2.32. The lowest BCUT2D eigenvalue weighted by molar-refractivity contribution is 0.101. The molecule has 0 unspecified atom stereocenters. The molecule has 2 heterocycles. The van der Waals surface area contributed by atoms with Gasteiger partial charge in [-0.15, -0.1) is 0 Å². The first-order chi connectivity index (χ1) is 11.5. The topological polar surface area (TPSA) is 70.2 Å². The van der Waals surface area contributed by atoms with Gasteiger partial charge in [0.1, 0.15) is 5.70 Å². The van der Waals surface area contributed by atoms with Crippen LogP contribution in [0.15, 0.2) is 65.3 Å². The van der Waals surface area contributed by atoms with Crippen LogP contribution in [0, 0.1) is 0 Å². The zero-order valence-corrected chi connectivity index (χ0v) is 13.7. The molecule has 1 N–H and O–H groups in total. The number of aromatic amines is 1. The Morgan fingerprint density at radius 3 is 2.67 bits per heavy atom. The van der Waals surface area contributed by atoms with Crippen LogP contribution >= 0.6 is 0 Å². The normalized spacial score (nSPS) is 18.1. The molecule has 6 heteroatoms. The molecule has 1 aromatic heterocycles. The second-order valence-electron chi connectivity index (χ2n) is 5.61. The summed E-state index contributed by atoms with van der Waals surface area (Å²) >= 11 is 0. The summed E-state index contributed by atoms with van der Waals surface area (Å²) in [6, 6.07) is 13.8. The van der Waals surface area contributed by atoms with E-state index in [0.717, 1.165) is 20.8 Å². The van der Waals surface area contributed by atoms with Gasteiger partial charge in [0, 0.05) is 29.7 Å². The van der Waals surface area contributed by atoms with Crippen LogP contribution < -0.4 is 0 Å². The average molecular weight is 338 g/mol. The molecule has 2 aromatic carbocycles. The molecule has 5 nitrogen and oxygen atoms in total. The van der Waals surface area contributed by atoms with Crippen LogP contribution in [0.1, 0.15) is 15.9 Å². The van der Waals surface area contributed by atoms with Gasteiger partial charge < -0.3 is 4.98 Å². The molecule has 0 aliphatic carbocycles. The Morgan fingerprint density at radius 2 is 1.83 bits per heavy atom. The van der Waals surface area contributed by atoms with E-state index in [9.17, 15) is 13.2 Å². The highest BCUT2D eigenvalue weighted by Crippen LogP contribution is 2.32. The molecule has 1 aliphatic heterocycles. The van der Waals surface area contributed by atoms with Gasteiger partial charge in [-0.25, -0.2) is 8.42 Å². The number of aromatic nitrogens is 1. The number of ketones is 1. The number of hydrogen-bond acceptors (Lipinski definition) is 3. The van der Waals surface area contributed by atoms with Crippen molar-refractivity contribution in [1.29, 1.82) is 0 Å². The molecule has 3 aromatic rings. The maximum Gasteiger partial charge on any atom is 0.264 e. The minimum atomic E-state index is -3.73. The van der Waals surface area contributed by atoms with E-state index in [1.54, 1.807) is 24.3 Å². The maximum absolute atomic E-state index is 12.8. The Kier molecular flexibility index (Phi) is 3.11. The smallest absolute Gasteiger partial charge is 0.264 e. The third kappa shape index (κ3) is 2.00. The minimum Gasteiger partial charge on any atom is -0.361 e. The van der Waals surface area contributed by atoms with Crippen LogP contribution in [0.25, 0.3) is 17.0 Å². The van der Waals surface area contributed by atoms with Crippen molar-refractivity contribution in [2.24, 2.45) is 0 Å². The highest BCUT2D eigenvalue weighted by Gasteiger charge is 2.36. The van der Waals surface area contributed by atoms with Crippen molar-refractivity contribution in [2.45, 2.75) is 4.90 Å². The summed E-state index contributed by atoms with van der Waals surface area (Å²) in [5.41, 5.74) is 2.07. The summed E-state index contributed by atoms with van der Waals surface area (Å²) < 4.78 is 26.4. The Bertz CT molecular complexity index is 1110. The van der Waals surface area contributed by atoms with Gasteiger partial charge in [0.25, 0.3) is 10.0 Å². The van der Waals surface area contributed by atoms with Crippen LogP contribution in [0.3, 0.4) is 0 Å². The van der Waals surface area contributed by atoms with E-state index in [1.165, 1.54) is 13.1 Å². The van der Waals surface area contributed by atoms with E-state index in [4.69, 9.17) is 0 Å². The fourth-order valence-corrected chi connectivity index (χ4v) is 4.36. The largest absolute Gasteiger partial charge is 0.361 e. The van der Waals surface area contributed by atoms with Crippen LogP contribution in [-0.2, 0) is 10.0 Å². The lowest BCUT2D eigenvalue weighted by Crippen LogP contribution is -2.36. The standard InChI is InChI=1S/C18H14N2O3S/c1-20-16(11-12-5-4-7-15-13(12)9-10-19-15)18(21)14-6-2-3-8-17(14)24(20,22)23/h2-11,19H,1H3/b16-11-. The molecule has 0 bridgehead atoms. The summed E-state index contributed by atoms with van der Waals surface area (Å²) in [6.45, 7) is 0. The highest BCUT2D eigenvalue weighted by molar-refractivity contribution is 7.89. The van der Waals surface area contributed by atoms with Gasteiger partial charge in [-0.1, -0.05) is 24.3 Å². The summed E-state index contributed by atoms with van der Waals surface area (Å²) in [5, 5.41) is 0.933. The van der Waals surface area contributed by atoms with Gasteiger partial charge in [0.2, 0.25) is 5.78 Å². The van der Waals surface area contributed by atoms with Gasteiger partial charge in [0.05, 0.1) is 4.90 Å². The zero-order valence-electron chi connectivity index (χ0n) is 12.9. The number of likely N-dealkylation sites (N-methyl/N-ethyl adjacent to an activating group) is 1. The first-order valence-corrected chi connectivity index (χ1v) is 8.84. The van der Waals surface area contributed by atoms with Crippen molar-refractivity contribution in [3.8, 4) is 0 Å². The number of benzene rings is 2. The van der Waals surface area contributed by atoms with Crippen LogP contribution in [-0.4, -0.2) is 30.5 Å². The monoisotopic (exact) mass is 338 g/mol. The third-order valence-corrected chi connectivity index (χ3v) is 6.09. The third-order valence-electron chi connectivity index (χ3n) is 4.26. The number of sulfonamides is 1. The highest BCUT2D eigenvalue weighted by atomic mass is 32.2. The molecule has 0 saturated carbocycles. The second kappa shape index (κ2) is 5.07. The van der Waals surface area contributed by atoms with E-state index in [1.807, 2.05) is 30.5 Å². The van der Waals surface area contributed by atoms with Crippen LogP contribution in [0.2, 0.25) is 0 Å². The molecular weight excluding hydrogens is 324 g/mol. The summed E-state index contributed by atoms with van der Waals surface area (Å²) in [6.07, 6.45) is 3.44. The molecule has 1 aliphatic rings. The van der Waals surface area contributed by atoms with E-state index < -0.39 is 10.0 Å². The lowest BCUT2D eigenvalue weighted by Gasteiger charge is -2.28. The first kappa shape index (κ1) is 14.7. The quantitative estimate of drug-likeness (QED) is 0.693. The average Bonchev–Trinajstić information content (AvgIpc) is 3.07. The van der Waals surface area contributed by atoms with Gasteiger partial charge in [0.15, 0.2) is 0 Å². The van der Waals surface area contributed by atoms with Gasteiger partial charge >= 0.3 is 0 Å². The molecule has 0 fully saturated rings. The van der Waals surface area contributed by atoms with E-state index in [0.29, 0.717) is 0 Å². The van der Waals surface area contributed by atoms with Crippen LogP contribution in [0.5, 0.6) is 0 Å². The van der Waals surface area contributed by atoms with Gasteiger partial charge in [-0.3, -0.25) is 9.10 Å². The van der Waals surface area contributed by atoms with E-state index >= 15 is 0 Å². The fraction of sp³-hybridized carbons (Fsp3) is 0.0556. The van der Waals surface area contributed by atoms with Crippen molar-refractivity contribution in [3.63, 3.8) is 0 Å². The molecular formula is C18H14N2O3S. The van der Waals surface area contributed by atoms with Crippen molar-refractivity contribution in [2.75, 3.05) is 7.05 Å². The zero-order chi connectivity index (χ0) is 16.9. The Morgan fingerprint density at radius 1 is 1.04 bits per heavy atom. The van der Waals surface area contributed by atoms with Gasteiger partial charge in [-0.2, -0.15) is 0 Å². The molecule has 24 heavy (non-hydrogen) atoms. The van der Waals surface area contributed by atoms with E-state index in [2.05, 4.69) is 4.98 Å². The fourth-order valence-electron chi connectivity index (χ4n) is 2.98. The predicted octanol–water partition coefficient (Wildman–Crippen LogP) is 3.03. The summed E-state index contributed by atoms with van der Waals surface area (Å²) in [5.74, 6) is -0.296. The maximum atomic E-state index is 12.8. The number of carbonyl (C=O) groups is 1. The number of hydrogen-bond donors (Lipinski definition) is 1. The van der Waals surface area contributed by atoms with Crippen molar-refractivity contribution < 1.29 is 13.2 Å². The second-order valence-corrected chi connectivity index (χ2v) is 7.55. The van der Waals surface area contributed by atoms with Crippen molar-refractivity contribution in [1.82, 2.24) is 9.29 Å². The number of nitrogens with zero attached hydrogens (tertiary/aromatic N) is 1. The molecule has 0 atom stereocenters. The number of nitrogens with one attached hydrogen (secondary N) is 1.